The second kappa shape index (κ2) is 13.7. The van der Waals surface area contributed by atoms with Gasteiger partial charge in [0.05, 0.1) is 33.1 Å². The molecule has 0 aliphatic carbocycles. The van der Waals surface area contributed by atoms with Gasteiger partial charge in [-0.1, -0.05) is 170 Å². The predicted molar refractivity (Wildman–Crippen MR) is 253 cm³/mol. The maximum absolute atomic E-state index is 5.17. The van der Waals surface area contributed by atoms with E-state index >= 15 is 0 Å². The highest BCUT2D eigenvalue weighted by atomic mass is 28.3. The molecule has 3 heterocycles. The minimum Gasteiger partial charge on any atom is -0.309 e. The standard InChI is InChI=1S/C55H38N4Si/c1-4-21-42(22-5-1)60(43-23-6-2-7-24-43,44-25-8-3-9-26-44)54-34-17-11-27-45(54)39-19-18-20-40(37-39)57-49-30-13-10-28-46(49)47-38-41(35-36-50(47)57)58-52-32-15-16-33-53(52)59-51-31-14-12-29-48(51)56-55(58)59/h1-38H. The highest BCUT2D eigenvalue weighted by molar-refractivity contribution is 7.20. The summed E-state index contributed by atoms with van der Waals surface area (Å²) in [6, 6.07) is 84.5. The Morgan fingerprint density at radius 1 is 0.350 bits per heavy atom. The summed E-state index contributed by atoms with van der Waals surface area (Å²) in [5.41, 5.74) is 11.3. The maximum atomic E-state index is 5.17. The highest BCUT2D eigenvalue weighted by Crippen LogP contribution is 2.36. The molecular weight excluding hydrogens is 745 g/mol. The molecule has 0 saturated carbocycles. The van der Waals surface area contributed by atoms with Crippen LogP contribution in [0.5, 0.6) is 0 Å². The van der Waals surface area contributed by atoms with Crippen LogP contribution in [0.2, 0.25) is 0 Å². The van der Waals surface area contributed by atoms with Crippen molar-refractivity contribution in [1.82, 2.24) is 18.5 Å². The molecule has 0 radical (unpaired) electrons. The first-order chi connectivity index (χ1) is 29.8. The second-order valence-electron chi connectivity index (χ2n) is 15.6. The first kappa shape index (κ1) is 34.3. The van der Waals surface area contributed by atoms with E-state index in [-0.39, 0.29) is 0 Å². The lowest BCUT2D eigenvalue weighted by atomic mass is 10.0. The van der Waals surface area contributed by atoms with Gasteiger partial charge in [-0.15, -0.1) is 0 Å². The number of rotatable bonds is 7. The van der Waals surface area contributed by atoms with Crippen molar-refractivity contribution in [2.24, 2.45) is 0 Å². The molecule has 0 N–H and O–H groups in total. The SMILES string of the molecule is c1ccc([Si](c2ccccc2)(c2ccccc2)c2ccccc2-c2cccc(-n3c4ccccc4c4cc(-n5c6ccccc6n6c7ccccc7nc56)ccc43)c2)cc1. The van der Waals surface area contributed by atoms with Crippen LogP contribution >= 0.6 is 0 Å². The lowest BCUT2D eigenvalue weighted by Gasteiger charge is -2.36. The van der Waals surface area contributed by atoms with Crippen LogP contribution in [0.1, 0.15) is 0 Å². The molecule has 5 heteroatoms. The number of para-hydroxylation sites is 5. The van der Waals surface area contributed by atoms with E-state index in [4.69, 9.17) is 4.98 Å². The summed E-state index contributed by atoms with van der Waals surface area (Å²) in [5.74, 6) is 0.910. The topological polar surface area (TPSA) is 27.2 Å². The summed E-state index contributed by atoms with van der Waals surface area (Å²) in [7, 11) is -2.80. The van der Waals surface area contributed by atoms with Gasteiger partial charge in [0.1, 0.15) is 0 Å². The summed E-state index contributed by atoms with van der Waals surface area (Å²) < 4.78 is 7.02. The molecule has 0 bridgehead atoms. The molecule has 0 amide bonds. The van der Waals surface area contributed by atoms with E-state index in [0.29, 0.717) is 0 Å². The molecule has 0 atom stereocenters. The summed E-state index contributed by atoms with van der Waals surface area (Å²) >= 11 is 0. The van der Waals surface area contributed by atoms with E-state index in [2.05, 4.69) is 244 Å². The van der Waals surface area contributed by atoms with Crippen LogP contribution in [0.4, 0.5) is 0 Å². The van der Waals surface area contributed by atoms with Gasteiger partial charge >= 0.3 is 0 Å². The van der Waals surface area contributed by atoms with Crippen molar-refractivity contribution in [1.29, 1.82) is 0 Å². The van der Waals surface area contributed by atoms with E-state index in [9.17, 15) is 0 Å². The number of fused-ring (bicyclic) bond motifs is 8. The van der Waals surface area contributed by atoms with Crippen LogP contribution in [-0.2, 0) is 0 Å². The van der Waals surface area contributed by atoms with E-state index in [0.717, 1.165) is 44.7 Å². The van der Waals surface area contributed by atoms with Crippen molar-refractivity contribution < 1.29 is 0 Å². The first-order valence-corrected chi connectivity index (χ1v) is 22.6. The molecule has 0 aliphatic heterocycles. The average molecular weight is 783 g/mol. The fourth-order valence-corrected chi connectivity index (χ4v) is 14.9. The van der Waals surface area contributed by atoms with Crippen LogP contribution < -0.4 is 20.7 Å². The number of nitrogens with zero attached hydrogens (tertiary/aromatic N) is 4. The summed E-state index contributed by atoms with van der Waals surface area (Å²) in [6.45, 7) is 0. The van der Waals surface area contributed by atoms with Gasteiger partial charge in [0.2, 0.25) is 5.78 Å². The van der Waals surface area contributed by atoms with Crippen LogP contribution in [-0.4, -0.2) is 26.6 Å². The summed E-state index contributed by atoms with van der Waals surface area (Å²) in [6.07, 6.45) is 0. The molecule has 0 unspecified atom stereocenters. The number of hydrogen-bond donors (Lipinski definition) is 0. The Morgan fingerprint density at radius 3 is 1.62 bits per heavy atom. The van der Waals surface area contributed by atoms with Gasteiger partial charge in [0, 0.05) is 22.1 Å². The van der Waals surface area contributed by atoms with Crippen molar-refractivity contribution in [2.75, 3.05) is 0 Å². The Labute approximate surface area is 348 Å². The quantitative estimate of drug-likeness (QED) is 0.117. The Kier molecular flexibility index (Phi) is 7.83. The zero-order valence-corrected chi connectivity index (χ0v) is 33.7. The summed E-state index contributed by atoms with van der Waals surface area (Å²) in [4.78, 5) is 5.17. The number of imidazole rings is 2. The molecule has 0 fully saturated rings. The smallest absolute Gasteiger partial charge is 0.220 e. The number of aromatic nitrogens is 4. The minimum atomic E-state index is -2.80. The Balaban J connectivity index is 1.07. The molecule has 60 heavy (non-hydrogen) atoms. The fraction of sp³-hybridized carbons (Fsp3) is 0. The van der Waals surface area contributed by atoms with E-state index in [1.807, 2.05) is 0 Å². The molecule has 9 aromatic carbocycles. The minimum absolute atomic E-state index is 0.910. The van der Waals surface area contributed by atoms with Crippen molar-refractivity contribution in [3.05, 3.63) is 231 Å². The lowest BCUT2D eigenvalue weighted by molar-refractivity contribution is 1.11. The number of benzene rings is 9. The Bertz CT molecular complexity index is 3450. The number of hydrogen-bond acceptors (Lipinski definition) is 1. The molecule has 282 valence electrons. The van der Waals surface area contributed by atoms with Gasteiger partial charge in [-0.05, 0) is 92.5 Å². The molecule has 3 aromatic heterocycles. The Morgan fingerprint density at radius 2 is 0.900 bits per heavy atom. The van der Waals surface area contributed by atoms with Crippen molar-refractivity contribution >= 4 is 78.5 Å². The van der Waals surface area contributed by atoms with Gasteiger partial charge in [0.25, 0.3) is 0 Å². The van der Waals surface area contributed by atoms with E-state index in [1.165, 1.54) is 48.2 Å². The lowest BCUT2D eigenvalue weighted by Crippen LogP contribution is -2.75. The van der Waals surface area contributed by atoms with Crippen molar-refractivity contribution in [3.8, 4) is 22.5 Å². The van der Waals surface area contributed by atoms with Crippen LogP contribution in [0, 0.1) is 0 Å². The molecule has 0 spiro atoms. The fourth-order valence-electron chi connectivity index (χ4n) is 9.89. The van der Waals surface area contributed by atoms with E-state index in [1.54, 1.807) is 0 Å². The Hall–Kier alpha value is -7.73. The van der Waals surface area contributed by atoms with Crippen LogP contribution in [0.15, 0.2) is 231 Å². The molecule has 0 saturated heterocycles. The van der Waals surface area contributed by atoms with Gasteiger partial charge in [-0.3, -0.25) is 8.97 Å². The van der Waals surface area contributed by atoms with Crippen LogP contribution in [0.25, 0.3) is 72.2 Å². The zero-order chi connectivity index (χ0) is 39.6. The molecule has 12 rings (SSSR count). The molecular formula is C55H38N4Si. The third-order valence-electron chi connectivity index (χ3n) is 12.4. The normalized spacial score (nSPS) is 12.0. The largest absolute Gasteiger partial charge is 0.309 e. The van der Waals surface area contributed by atoms with Gasteiger partial charge in [-0.25, -0.2) is 4.98 Å². The molecule has 12 aromatic rings. The van der Waals surface area contributed by atoms with Crippen molar-refractivity contribution in [2.45, 2.75) is 0 Å². The zero-order valence-electron chi connectivity index (χ0n) is 32.7. The van der Waals surface area contributed by atoms with Gasteiger partial charge < -0.3 is 4.57 Å². The van der Waals surface area contributed by atoms with E-state index < -0.39 is 8.07 Å². The highest BCUT2D eigenvalue weighted by Gasteiger charge is 2.42. The van der Waals surface area contributed by atoms with Crippen LogP contribution in [0.3, 0.4) is 0 Å². The third kappa shape index (κ3) is 5.06. The first-order valence-electron chi connectivity index (χ1n) is 20.6. The average Bonchev–Trinajstić information content (AvgIpc) is 3.97. The van der Waals surface area contributed by atoms with Gasteiger partial charge in [-0.2, -0.15) is 0 Å². The summed E-state index contributed by atoms with van der Waals surface area (Å²) in [5, 5.41) is 7.87. The van der Waals surface area contributed by atoms with Gasteiger partial charge in [0.15, 0.2) is 8.07 Å². The second-order valence-corrected chi connectivity index (χ2v) is 19.3. The van der Waals surface area contributed by atoms with Crippen molar-refractivity contribution in [3.63, 3.8) is 0 Å². The monoisotopic (exact) mass is 782 g/mol. The predicted octanol–water partition coefficient (Wildman–Crippen LogP) is 10.6. The third-order valence-corrected chi connectivity index (χ3v) is 17.2. The molecule has 0 aliphatic rings. The maximum Gasteiger partial charge on any atom is 0.220 e. The molecule has 4 nitrogen and oxygen atoms in total.